The van der Waals surface area contributed by atoms with E-state index in [4.69, 9.17) is 0 Å². The van der Waals surface area contributed by atoms with Crippen LogP contribution in [0, 0.1) is 3.57 Å². The lowest BCUT2D eigenvalue weighted by molar-refractivity contribution is 0.464. The SMILES string of the molecule is CC(C)c1c(O)cccc1[131I]. The third-order valence-corrected chi connectivity index (χ3v) is 2.55. The van der Waals surface area contributed by atoms with Gasteiger partial charge in [-0.15, -0.1) is 0 Å². The molecule has 0 atom stereocenters. The molecule has 0 radical (unpaired) electrons. The summed E-state index contributed by atoms with van der Waals surface area (Å²) in [5.74, 6) is 0.801. The smallest absolute Gasteiger partial charge is 0.120 e. The molecule has 11 heavy (non-hydrogen) atoms. The lowest BCUT2D eigenvalue weighted by Crippen LogP contribution is -1.91. The van der Waals surface area contributed by atoms with Crippen molar-refractivity contribution >= 4 is 22.6 Å². The molecule has 60 valence electrons. The van der Waals surface area contributed by atoms with E-state index < -0.39 is 0 Å². The first-order chi connectivity index (χ1) is 5.13. The van der Waals surface area contributed by atoms with Crippen molar-refractivity contribution in [2.75, 3.05) is 0 Å². The van der Waals surface area contributed by atoms with E-state index in [1.165, 1.54) is 0 Å². The van der Waals surface area contributed by atoms with Crippen molar-refractivity contribution in [3.8, 4) is 5.75 Å². The first-order valence-electron chi connectivity index (χ1n) is 3.60. The first-order valence-corrected chi connectivity index (χ1v) is 4.68. The van der Waals surface area contributed by atoms with Gasteiger partial charge in [-0.05, 0) is 40.6 Å². The molecule has 0 spiro atoms. The van der Waals surface area contributed by atoms with Gasteiger partial charge in [0.1, 0.15) is 5.75 Å². The fourth-order valence-electron chi connectivity index (χ4n) is 1.10. The highest BCUT2D eigenvalue weighted by Gasteiger charge is 2.08. The third-order valence-electron chi connectivity index (χ3n) is 1.61. The molecular formula is C9H11IO. The van der Waals surface area contributed by atoms with Crippen molar-refractivity contribution in [3.63, 3.8) is 0 Å². The molecule has 0 aliphatic heterocycles. The summed E-state index contributed by atoms with van der Waals surface area (Å²) in [6.07, 6.45) is 0. The summed E-state index contributed by atoms with van der Waals surface area (Å²) in [6, 6.07) is 5.61. The predicted molar refractivity (Wildman–Crippen MR) is 54.9 cm³/mol. The summed E-state index contributed by atoms with van der Waals surface area (Å²) in [5.41, 5.74) is 1.05. The molecule has 0 aliphatic rings. The minimum atomic E-state index is 0.392. The first kappa shape index (κ1) is 8.84. The molecule has 0 aromatic heterocycles. The van der Waals surface area contributed by atoms with Gasteiger partial charge in [0.15, 0.2) is 0 Å². The van der Waals surface area contributed by atoms with Crippen molar-refractivity contribution < 1.29 is 5.11 Å². The number of hydrogen-bond donors (Lipinski definition) is 1. The van der Waals surface area contributed by atoms with Crippen LogP contribution in [0.1, 0.15) is 25.3 Å². The highest BCUT2D eigenvalue weighted by molar-refractivity contribution is 14.1. The Balaban J connectivity index is 3.21. The molecule has 0 heterocycles. The van der Waals surface area contributed by atoms with Gasteiger partial charge < -0.3 is 5.11 Å². The van der Waals surface area contributed by atoms with Crippen molar-refractivity contribution in [1.29, 1.82) is 0 Å². The van der Waals surface area contributed by atoms with E-state index in [-0.39, 0.29) is 0 Å². The minimum Gasteiger partial charge on any atom is -0.508 e. The van der Waals surface area contributed by atoms with Crippen LogP contribution in [0.15, 0.2) is 18.2 Å². The second-order valence-corrected chi connectivity index (χ2v) is 3.99. The predicted octanol–water partition coefficient (Wildman–Crippen LogP) is 3.12. The Hall–Kier alpha value is -0.250. The molecule has 0 unspecified atom stereocenters. The van der Waals surface area contributed by atoms with Gasteiger partial charge in [0.25, 0.3) is 0 Å². The van der Waals surface area contributed by atoms with Crippen LogP contribution in [0.4, 0.5) is 0 Å². The zero-order valence-electron chi connectivity index (χ0n) is 6.63. The standard InChI is InChI=1S/C9H11IO/c1-6(2)9-7(10)4-3-5-8(9)11/h3-6,11H,1-2H3/i10+4. The Morgan fingerprint density at radius 1 is 1.36 bits per heavy atom. The van der Waals surface area contributed by atoms with Crippen LogP contribution in [0.3, 0.4) is 0 Å². The number of rotatable bonds is 1. The second-order valence-electron chi connectivity index (χ2n) is 2.83. The third kappa shape index (κ3) is 1.86. The van der Waals surface area contributed by atoms with Gasteiger partial charge in [-0.1, -0.05) is 19.9 Å². The van der Waals surface area contributed by atoms with Gasteiger partial charge in [0.05, 0.1) is 0 Å². The molecule has 0 aliphatic carbocycles. The van der Waals surface area contributed by atoms with Crippen LogP contribution in [-0.2, 0) is 0 Å². The van der Waals surface area contributed by atoms with E-state index in [1.807, 2.05) is 12.1 Å². The monoisotopic (exact) mass is 266 g/mol. The number of halogens is 1. The van der Waals surface area contributed by atoms with Crippen molar-refractivity contribution in [2.45, 2.75) is 19.8 Å². The van der Waals surface area contributed by atoms with Crippen LogP contribution >= 0.6 is 22.6 Å². The number of hydrogen-bond acceptors (Lipinski definition) is 1. The van der Waals surface area contributed by atoms with E-state index in [0.717, 1.165) is 9.13 Å². The van der Waals surface area contributed by atoms with Crippen LogP contribution in [0.25, 0.3) is 0 Å². The summed E-state index contributed by atoms with van der Waals surface area (Å²) >= 11 is 2.24. The van der Waals surface area contributed by atoms with Gasteiger partial charge in [-0.2, -0.15) is 0 Å². The average molecular weight is 266 g/mol. The summed E-state index contributed by atoms with van der Waals surface area (Å²) in [6.45, 7) is 4.16. The minimum absolute atomic E-state index is 0.392. The van der Waals surface area contributed by atoms with E-state index in [1.54, 1.807) is 6.07 Å². The highest BCUT2D eigenvalue weighted by Crippen LogP contribution is 2.29. The Morgan fingerprint density at radius 2 is 2.00 bits per heavy atom. The average Bonchev–Trinajstić information content (AvgIpc) is 1.85. The zero-order valence-corrected chi connectivity index (χ0v) is 8.79. The summed E-state index contributed by atoms with van der Waals surface area (Å²) in [4.78, 5) is 0. The van der Waals surface area contributed by atoms with E-state index in [0.29, 0.717) is 11.7 Å². The lowest BCUT2D eigenvalue weighted by atomic mass is 10.0. The van der Waals surface area contributed by atoms with Crippen molar-refractivity contribution in [3.05, 3.63) is 27.3 Å². The van der Waals surface area contributed by atoms with E-state index in [2.05, 4.69) is 36.4 Å². The molecule has 0 fully saturated rings. The quantitative estimate of drug-likeness (QED) is 0.774. The zero-order chi connectivity index (χ0) is 8.43. The van der Waals surface area contributed by atoms with Crippen LogP contribution in [0.5, 0.6) is 5.75 Å². The van der Waals surface area contributed by atoms with Gasteiger partial charge in [-0.25, -0.2) is 0 Å². The molecule has 2 heteroatoms. The molecule has 0 bridgehead atoms. The molecule has 0 amide bonds. The fraction of sp³-hybridized carbons (Fsp3) is 0.333. The van der Waals surface area contributed by atoms with E-state index in [9.17, 15) is 5.11 Å². The van der Waals surface area contributed by atoms with Crippen molar-refractivity contribution in [2.24, 2.45) is 0 Å². The normalized spacial score (nSPS) is 10.5. The maximum atomic E-state index is 9.46. The molecule has 1 N–H and O–H groups in total. The number of benzene rings is 1. The topological polar surface area (TPSA) is 20.2 Å². The van der Waals surface area contributed by atoms with Crippen LogP contribution < -0.4 is 0 Å². The highest BCUT2D eigenvalue weighted by atomic mass is 131. The maximum absolute atomic E-state index is 9.46. The van der Waals surface area contributed by atoms with Gasteiger partial charge in [0.2, 0.25) is 0 Å². The maximum Gasteiger partial charge on any atom is 0.120 e. The van der Waals surface area contributed by atoms with Crippen molar-refractivity contribution in [1.82, 2.24) is 0 Å². The molecule has 1 aromatic rings. The van der Waals surface area contributed by atoms with Gasteiger partial charge >= 0.3 is 0 Å². The lowest BCUT2D eigenvalue weighted by Gasteiger charge is -2.09. The molecule has 1 aromatic carbocycles. The van der Waals surface area contributed by atoms with E-state index >= 15 is 0 Å². The van der Waals surface area contributed by atoms with Gasteiger partial charge in [0, 0.05) is 9.13 Å². The summed E-state index contributed by atoms with van der Waals surface area (Å²) < 4.78 is 1.14. The molecule has 1 rings (SSSR count). The van der Waals surface area contributed by atoms with Gasteiger partial charge in [-0.3, -0.25) is 0 Å². The Labute approximate surface area is 80.6 Å². The molecule has 0 saturated carbocycles. The van der Waals surface area contributed by atoms with Crippen LogP contribution in [0.2, 0.25) is 0 Å². The molecular weight excluding hydrogens is 255 g/mol. The number of phenolic OH excluding ortho intramolecular Hbond substituents is 1. The Kier molecular flexibility index (Phi) is 2.76. The number of aromatic hydroxyl groups is 1. The number of phenols is 1. The second kappa shape index (κ2) is 3.43. The summed E-state index contributed by atoms with van der Waals surface area (Å²) in [5, 5.41) is 9.46. The van der Waals surface area contributed by atoms with Crippen LogP contribution in [-0.4, -0.2) is 5.11 Å². The molecule has 1 nitrogen and oxygen atoms in total. The largest absolute Gasteiger partial charge is 0.508 e. The Bertz CT molecular complexity index is 235. The molecule has 0 saturated heterocycles. The summed E-state index contributed by atoms with van der Waals surface area (Å²) in [7, 11) is 0. The fourth-order valence-corrected chi connectivity index (χ4v) is 2.20. The Morgan fingerprint density at radius 3 is 2.36 bits per heavy atom.